The highest BCUT2D eigenvalue weighted by molar-refractivity contribution is 6.33. The van der Waals surface area contributed by atoms with Crippen LogP contribution in [0.3, 0.4) is 0 Å². The quantitative estimate of drug-likeness (QED) is 0.876. The van der Waals surface area contributed by atoms with Gasteiger partial charge in [0, 0.05) is 5.92 Å². The second-order valence-electron chi connectivity index (χ2n) is 3.99. The van der Waals surface area contributed by atoms with Gasteiger partial charge in [-0.15, -0.1) is 0 Å². The average Bonchev–Trinajstić information content (AvgIpc) is 2.29. The Bertz CT molecular complexity index is 445. The third-order valence-electron chi connectivity index (χ3n) is 2.61. The minimum absolute atomic E-state index is 0.0169. The topological polar surface area (TPSA) is 29.1 Å². The number of rotatable bonds is 3. The van der Waals surface area contributed by atoms with Gasteiger partial charge in [-0.1, -0.05) is 25.4 Å². The fraction of sp³-hybridized carbons (Fsp3) is 0.417. The van der Waals surface area contributed by atoms with Crippen molar-refractivity contribution in [1.29, 1.82) is 0 Å². The Morgan fingerprint density at radius 3 is 2.56 bits per heavy atom. The van der Waals surface area contributed by atoms with E-state index >= 15 is 0 Å². The normalized spacial score (nSPS) is 13.2. The monoisotopic (exact) mass is 279 g/mol. The van der Waals surface area contributed by atoms with Crippen molar-refractivity contribution in [3.63, 3.8) is 0 Å². The molecule has 1 aromatic rings. The summed E-state index contributed by atoms with van der Waals surface area (Å²) >= 11 is 5.76. The first-order valence-electron chi connectivity index (χ1n) is 5.43. The number of nitrogens with one attached hydrogen (secondary N) is 1. The van der Waals surface area contributed by atoms with Crippen molar-refractivity contribution < 1.29 is 18.0 Å². The molecule has 0 fully saturated rings. The molecular formula is C12H13ClF3NO. The summed E-state index contributed by atoms with van der Waals surface area (Å²) < 4.78 is 37.5. The van der Waals surface area contributed by atoms with Gasteiger partial charge in [0.1, 0.15) is 0 Å². The van der Waals surface area contributed by atoms with E-state index in [4.69, 9.17) is 11.6 Å². The standard InChI is InChI=1S/C12H13ClF3NO/c1-3-7(2)11(18)17-10-6-8(12(14,15)16)4-5-9(10)13/h4-7H,3H2,1-2H3,(H,17,18)/t7-/m1/s1. The molecule has 1 atom stereocenters. The number of benzene rings is 1. The molecule has 0 spiro atoms. The Kier molecular flexibility index (Phi) is 4.62. The van der Waals surface area contributed by atoms with Crippen LogP contribution in [0, 0.1) is 5.92 Å². The molecule has 1 N–H and O–H groups in total. The molecule has 0 saturated carbocycles. The first-order chi connectivity index (χ1) is 8.25. The number of amides is 1. The maximum Gasteiger partial charge on any atom is 0.416 e. The van der Waals surface area contributed by atoms with Crippen LogP contribution in [0.2, 0.25) is 5.02 Å². The van der Waals surface area contributed by atoms with Gasteiger partial charge in [-0.2, -0.15) is 13.2 Å². The van der Waals surface area contributed by atoms with E-state index in [0.29, 0.717) is 6.42 Å². The molecule has 1 rings (SSSR count). The first-order valence-corrected chi connectivity index (χ1v) is 5.81. The highest BCUT2D eigenvalue weighted by atomic mass is 35.5. The highest BCUT2D eigenvalue weighted by Crippen LogP contribution is 2.33. The van der Waals surface area contributed by atoms with Crippen LogP contribution in [0.5, 0.6) is 0 Å². The predicted molar refractivity (Wildman–Crippen MR) is 64.5 cm³/mol. The molecule has 0 unspecified atom stereocenters. The molecule has 0 heterocycles. The number of hydrogen-bond acceptors (Lipinski definition) is 1. The van der Waals surface area contributed by atoms with E-state index in [1.165, 1.54) is 0 Å². The Balaban J connectivity index is 2.99. The van der Waals surface area contributed by atoms with Gasteiger partial charge >= 0.3 is 6.18 Å². The molecular weight excluding hydrogens is 267 g/mol. The third-order valence-corrected chi connectivity index (χ3v) is 2.94. The van der Waals surface area contributed by atoms with Gasteiger partial charge in [0.2, 0.25) is 5.91 Å². The number of carbonyl (C=O) groups is 1. The molecule has 0 bridgehead atoms. The first kappa shape index (κ1) is 14.8. The van der Waals surface area contributed by atoms with Gasteiger partial charge in [0.15, 0.2) is 0 Å². The van der Waals surface area contributed by atoms with Crippen molar-refractivity contribution in [2.45, 2.75) is 26.4 Å². The molecule has 6 heteroatoms. The number of alkyl halides is 3. The molecule has 0 saturated heterocycles. The summed E-state index contributed by atoms with van der Waals surface area (Å²) in [6, 6.07) is 2.83. The van der Waals surface area contributed by atoms with E-state index in [2.05, 4.69) is 5.32 Å². The molecule has 0 aliphatic carbocycles. The van der Waals surface area contributed by atoms with Crippen LogP contribution in [-0.4, -0.2) is 5.91 Å². The molecule has 0 aliphatic heterocycles. The average molecular weight is 280 g/mol. The molecule has 0 aromatic heterocycles. The summed E-state index contributed by atoms with van der Waals surface area (Å²) in [7, 11) is 0. The van der Waals surface area contributed by atoms with Crippen molar-refractivity contribution in [1.82, 2.24) is 0 Å². The van der Waals surface area contributed by atoms with Gasteiger partial charge in [-0.25, -0.2) is 0 Å². The lowest BCUT2D eigenvalue weighted by molar-refractivity contribution is -0.137. The number of hydrogen-bond donors (Lipinski definition) is 1. The van der Waals surface area contributed by atoms with Gasteiger partial charge in [-0.05, 0) is 24.6 Å². The van der Waals surface area contributed by atoms with Crippen LogP contribution in [0.25, 0.3) is 0 Å². The van der Waals surface area contributed by atoms with Crippen LogP contribution in [0.4, 0.5) is 18.9 Å². The molecule has 0 radical (unpaired) electrons. The molecule has 1 aromatic carbocycles. The zero-order valence-corrected chi connectivity index (χ0v) is 10.7. The van der Waals surface area contributed by atoms with Gasteiger partial charge in [-0.3, -0.25) is 4.79 Å². The minimum Gasteiger partial charge on any atom is -0.325 e. The van der Waals surface area contributed by atoms with Crippen LogP contribution >= 0.6 is 11.6 Å². The van der Waals surface area contributed by atoms with Crippen LogP contribution in [0.15, 0.2) is 18.2 Å². The van der Waals surface area contributed by atoms with Gasteiger partial charge in [0.25, 0.3) is 0 Å². The smallest absolute Gasteiger partial charge is 0.325 e. The summed E-state index contributed by atoms with van der Waals surface area (Å²) in [5.41, 5.74) is -0.858. The number of carbonyl (C=O) groups excluding carboxylic acids is 1. The lowest BCUT2D eigenvalue weighted by atomic mass is 10.1. The molecule has 2 nitrogen and oxygen atoms in total. The maximum atomic E-state index is 12.5. The van der Waals surface area contributed by atoms with Crippen molar-refractivity contribution in [3.05, 3.63) is 28.8 Å². The van der Waals surface area contributed by atoms with E-state index in [-0.39, 0.29) is 22.5 Å². The summed E-state index contributed by atoms with van der Waals surface area (Å²) in [6.45, 7) is 3.51. The van der Waals surface area contributed by atoms with Crippen molar-refractivity contribution in [2.24, 2.45) is 5.92 Å². The fourth-order valence-electron chi connectivity index (χ4n) is 1.24. The fourth-order valence-corrected chi connectivity index (χ4v) is 1.40. The zero-order valence-electron chi connectivity index (χ0n) is 9.94. The predicted octanol–water partition coefficient (Wildman–Crippen LogP) is 4.34. The second kappa shape index (κ2) is 5.61. The largest absolute Gasteiger partial charge is 0.416 e. The van der Waals surface area contributed by atoms with Crippen molar-refractivity contribution >= 4 is 23.2 Å². The van der Waals surface area contributed by atoms with Gasteiger partial charge in [0.05, 0.1) is 16.3 Å². The van der Waals surface area contributed by atoms with Crippen LogP contribution in [-0.2, 0) is 11.0 Å². The lowest BCUT2D eigenvalue weighted by Gasteiger charge is -2.13. The molecule has 18 heavy (non-hydrogen) atoms. The number of anilines is 1. The summed E-state index contributed by atoms with van der Waals surface area (Å²) in [5, 5.41) is 2.49. The zero-order chi connectivity index (χ0) is 13.9. The SMILES string of the molecule is CC[C@@H](C)C(=O)Nc1cc(C(F)(F)F)ccc1Cl. The van der Waals surface area contributed by atoms with E-state index in [1.54, 1.807) is 6.92 Å². The van der Waals surface area contributed by atoms with Crippen LogP contribution < -0.4 is 5.32 Å². The van der Waals surface area contributed by atoms with Crippen LogP contribution in [0.1, 0.15) is 25.8 Å². The summed E-state index contributed by atoms with van der Waals surface area (Å²) in [4.78, 5) is 11.6. The number of halogens is 4. The Hall–Kier alpha value is -1.23. The Labute approximate surface area is 108 Å². The van der Waals surface area contributed by atoms with E-state index in [1.807, 2.05) is 6.92 Å². The van der Waals surface area contributed by atoms with E-state index < -0.39 is 11.7 Å². The highest BCUT2D eigenvalue weighted by Gasteiger charge is 2.31. The maximum absolute atomic E-state index is 12.5. The molecule has 0 aliphatic rings. The molecule has 100 valence electrons. The minimum atomic E-state index is -4.46. The lowest BCUT2D eigenvalue weighted by Crippen LogP contribution is -2.20. The van der Waals surface area contributed by atoms with E-state index in [0.717, 1.165) is 18.2 Å². The Morgan fingerprint density at radius 2 is 2.06 bits per heavy atom. The Morgan fingerprint density at radius 1 is 1.44 bits per heavy atom. The van der Waals surface area contributed by atoms with Crippen molar-refractivity contribution in [3.8, 4) is 0 Å². The summed E-state index contributed by atoms with van der Waals surface area (Å²) in [5.74, 6) is -0.630. The second-order valence-corrected chi connectivity index (χ2v) is 4.40. The van der Waals surface area contributed by atoms with E-state index in [9.17, 15) is 18.0 Å². The van der Waals surface area contributed by atoms with Gasteiger partial charge < -0.3 is 5.32 Å². The third kappa shape index (κ3) is 3.63. The van der Waals surface area contributed by atoms with Crippen molar-refractivity contribution in [2.75, 3.05) is 5.32 Å². The summed E-state index contributed by atoms with van der Waals surface area (Å²) in [6.07, 6.45) is -3.86. The molecule has 1 amide bonds.